The molecule has 136 valence electrons. The molecule has 0 heterocycles. The number of anilines is 2. The van der Waals surface area contributed by atoms with Gasteiger partial charge in [0.1, 0.15) is 11.5 Å². The number of hydrogen-bond acceptors (Lipinski definition) is 8. The summed E-state index contributed by atoms with van der Waals surface area (Å²) in [6.45, 7) is 0.192. The number of nitrogen functional groups attached to an aromatic ring is 1. The molecular formula is C18H19N3O5. The van der Waals surface area contributed by atoms with Crippen molar-refractivity contribution in [3.63, 3.8) is 0 Å². The highest BCUT2D eigenvalue weighted by molar-refractivity contribution is 6.33. The molecular weight excluding hydrogens is 338 g/mol. The number of carbonyl (C=O) groups is 2. The largest absolute Gasteiger partial charge is 0.507 e. The number of rotatable bonds is 5. The molecule has 3 rings (SSSR count). The summed E-state index contributed by atoms with van der Waals surface area (Å²) >= 11 is 0. The number of aromatic hydroxyl groups is 2. The van der Waals surface area contributed by atoms with Crippen molar-refractivity contribution in [2.24, 2.45) is 5.73 Å². The molecule has 0 aromatic heterocycles. The van der Waals surface area contributed by atoms with Crippen molar-refractivity contribution < 1.29 is 24.9 Å². The number of aliphatic hydroxyl groups is 1. The van der Waals surface area contributed by atoms with Gasteiger partial charge in [-0.25, -0.2) is 0 Å². The highest BCUT2D eigenvalue weighted by atomic mass is 16.3. The fraction of sp³-hybridized carbons (Fsp3) is 0.222. The van der Waals surface area contributed by atoms with Crippen LogP contribution in [-0.4, -0.2) is 46.1 Å². The van der Waals surface area contributed by atoms with Gasteiger partial charge in [0.05, 0.1) is 28.9 Å². The van der Waals surface area contributed by atoms with Gasteiger partial charge in [-0.3, -0.25) is 9.59 Å². The fourth-order valence-electron chi connectivity index (χ4n) is 3.02. The first kappa shape index (κ1) is 17.7. The molecule has 1 aliphatic rings. The van der Waals surface area contributed by atoms with Gasteiger partial charge in [0.25, 0.3) is 0 Å². The summed E-state index contributed by atoms with van der Waals surface area (Å²) in [7, 11) is 0. The molecule has 1 unspecified atom stereocenters. The second-order valence-corrected chi connectivity index (χ2v) is 6.12. The first-order valence-electron chi connectivity index (χ1n) is 8.04. The number of hydrogen-bond donors (Lipinski definition) is 6. The highest BCUT2D eigenvalue weighted by Gasteiger charge is 2.37. The summed E-state index contributed by atoms with van der Waals surface area (Å²) in [6, 6.07) is 4.95. The molecule has 1 atom stereocenters. The molecule has 0 saturated heterocycles. The zero-order valence-corrected chi connectivity index (χ0v) is 13.8. The summed E-state index contributed by atoms with van der Waals surface area (Å²) in [4.78, 5) is 25.8. The van der Waals surface area contributed by atoms with E-state index in [-0.39, 0.29) is 34.5 Å². The number of carbonyl (C=O) groups excluding carboxylic acids is 2. The quantitative estimate of drug-likeness (QED) is 0.286. The molecule has 0 radical (unpaired) electrons. The number of phenolic OH excluding ortho intramolecular Hbond substituents is 2. The van der Waals surface area contributed by atoms with Gasteiger partial charge in [-0.2, -0.15) is 0 Å². The summed E-state index contributed by atoms with van der Waals surface area (Å²) < 4.78 is 0. The zero-order chi connectivity index (χ0) is 19.0. The van der Waals surface area contributed by atoms with Gasteiger partial charge < -0.3 is 32.1 Å². The van der Waals surface area contributed by atoms with E-state index < -0.39 is 29.1 Å². The molecule has 2 aromatic rings. The predicted octanol–water partition coefficient (Wildman–Crippen LogP) is 0.577. The summed E-state index contributed by atoms with van der Waals surface area (Å²) in [5.74, 6) is -2.02. The summed E-state index contributed by atoms with van der Waals surface area (Å²) in [5, 5.41) is 32.1. The molecule has 8 heteroatoms. The Morgan fingerprint density at radius 3 is 2.08 bits per heavy atom. The van der Waals surface area contributed by atoms with Gasteiger partial charge in [0.15, 0.2) is 0 Å². The van der Waals surface area contributed by atoms with Crippen LogP contribution < -0.4 is 16.8 Å². The molecule has 8 N–H and O–H groups in total. The maximum Gasteiger partial charge on any atom is 0.200 e. The van der Waals surface area contributed by atoms with Crippen LogP contribution in [0.3, 0.4) is 0 Å². The molecule has 26 heavy (non-hydrogen) atoms. The van der Waals surface area contributed by atoms with E-state index in [2.05, 4.69) is 5.32 Å². The number of fused-ring (bicyclic) bond motifs is 2. The van der Waals surface area contributed by atoms with E-state index in [9.17, 15) is 19.8 Å². The Morgan fingerprint density at radius 1 is 0.923 bits per heavy atom. The standard InChI is InChI=1S/C18H19N3O5/c19-8(7-22)5-6-21-10-2-1-9(20)13-14(10)18(26)16-12(24)4-3-11(23)15(16)17(13)25/h1-4,8,21-24H,5-7,19-20H2. The van der Waals surface area contributed by atoms with Crippen LogP contribution in [0.5, 0.6) is 11.5 Å². The third-order valence-electron chi connectivity index (χ3n) is 4.37. The molecule has 0 amide bonds. The minimum atomic E-state index is -0.629. The second kappa shape index (κ2) is 6.66. The smallest absolute Gasteiger partial charge is 0.200 e. The number of ketones is 2. The number of aliphatic hydroxyl groups excluding tert-OH is 1. The van der Waals surface area contributed by atoms with Gasteiger partial charge in [-0.15, -0.1) is 0 Å². The number of phenols is 2. The predicted molar refractivity (Wildman–Crippen MR) is 95.7 cm³/mol. The third-order valence-corrected chi connectivity index (χ3v) is 4.37. The van der Waals surface area contributed by atoms with Crippen LogP contribution in [0.15, 0.2) is 24.3 Å². The van der Waals surface area contributed by atoms with Crippen molar-refractivity contribution in [1.29, 1.82) is 0 Å². The zero-order valence-electron chi connectivity index (χ0n) is 13.8. The highest BCUT2D eigenvalue weighted by Crippen LogP contribution is 2.41. The van der Waals surface area contributed by atoms with Crippen LogP contribution in [0.4, 0.5) is 11.4 Å². The van der Waals surface area contributed by atoms with Crippen molar-refractivity contribution in [1.82, 2.24) is 0 Å². The topological polar surface area (TPSA) is 159 Å². The Hall–Kier alpha value is -3.10. The normalized spacial score (nSPS) is 13.9. The van der Waals surface area contributed by atoms with Crippen LogP contribution in [0.25, 0.3) is 0 Å². The summed E-state index contributed by atoms with van der Waals surface area (Å²) in [5.41, 5.74) is 11.6. The molecule has 0 fully saturated rings. The van der Waals surface area contributed by atoms with Crippen molar-refractivity contribution in [2.75, 3.05) is 24.2 Å². The van der Waals surface area contributed by atoms with Crippen LogP contribution >= 0.6 is 0 Å². The van der Waals surface area contributed by atoms with E-state index in [0.717, 1.165) is 12.1 Å². The van der Waals surface area contributed by atoms with Crippen molar-refractivity contribution in [3.05, 3.63) is 46.5 Å². The van der Waals surface area contributed by atoms with Gasteiger partial charge in [0, 0.05) is 24.0 Å². The maximum absolute atomic E-state index is 13.0. The van der Waals surface area contributed by atoms with Gasteiger partial charge >= 0.3 is 0 Å². The fourth-order valence-corrected chi connectivity index (χ4v) is 3.02. The van der Waals surface area contributed by atoms with E-state index in [1.807, 2.05) is 0 Å². The summed E-state index contributed by atoms with van der Waals surface area (Å²) in [6.07, 6.45) is 0.445. The van der Waals surface area contributed by atoms with Crippen LogP contribution in [0, 0.1) is 0 Å². The minimum absolute atomic E-state index is 0.0140. The molecule has 8 nitrogen and oxygen atoms in total. The third kappa shape index (κ3) is 2.75. The maximum atomic E-state index is 13.0. The molecule has 1 aliphatic carbocycles. The molecule has 0 bridgehead atoms. The number of benzene rings is 2. The van der Waals surface area contributed by atoms with Crippen LogP contribution in [-0.2, 0) is 0 Å². The van der Waals surface area contributed by atoms with Crippen molar-refractivity contribution in [2.45, 2.75) is 12.5 Å². The first-order chi connectivity index (χ1) is 12.4. The Labute approximate surface area is 149 Å². The Kier molecular flexibility index (Phi) is 4.54. The lowest BCUT2D eigenvalue weighted by Gasteiger charge is -2.23. The van der Waals surface area contributed by atoms with Crippen LogP contribution in [0.2, 0.25) is 0 Å². The lowest BCUT2D eigenvalue weighted by Crippen LogP contribution is -2.28. The molecule has 0 aliphatic heterocycles. The Morgan fingerprint density at radius 2 is 1.50 bits per heavy atom. The van der Waals surface area contributed by atoms with Crippen LogP contribution in [0.1, 0.15) is 38.3 Å². The SMILES string of the molecule is Nc1ccc(NCCC(N)CO)c2c1C(=O)c1c(O)ccc(O)c1C2=O. The number of nitrogens with one attached hydrogen (secondary N) is 1. The first-order valence-corrected chi connectivity index (χ1v) is 8.04. The number of nitrogens with two attached hydrogens (primary N) is 2. The van der Waals surface area contributed by atoms with Gasteiger partial charge in [0.2, 0.25) is 11.6 Å². The van der Waals surface area contributed by atoms with Crippen molar-refractivity contribution in [3.8, 4) is 11.5 Å². The monoisotopic (exact) mass is 357 g/mol. The van der Waals surface area contributed by atoms with Gasteiger partial charge in [-0.1, -0.05) is 0 Å². The molecule has 2 aromatic carbocycles. The van der Waals surface area contributed by atoms with Crippen molar-refractivity contribution >= 4 is 22.9 Å². The average molecular weight is 357 g/mol. The lowest BCUT2D eigenvalue weighted by atomic mass is 9.81. The van der Waals surface area contributed by atoms with E-state index in [1.165, 1.54) is 6.07 Å². The average Bonchev–Trinajstić information content (AvgIpc) is 2.62. The van der Waals surface area contributed by atoms with Gasteiger partial charge in [-0.05, 0) is 30.7 Å². The van der Waals surface area contributed by atoms with E-state index in [4.69, 9.17) is 16.6 Å². The van der Waals surface area contributed by atoms with E-state index in [0.29, 0.717) is 18.7 Å². The Bertz CT molecular complexity index is 910. The lowest BCUT2D eigenvalue weighted by molar-refractivity contribution is 0.0975. The minimum Gasteiger partial charge on any atom is -0.507 e. The van der Waals surface area contributed by atoms with E-state index >= 15 is 0 Å². The van der Waals surface area contributed by atoms with E-state index in [1.54, 1.807) is 6.07 Å². The second-order valence-electron chi connectivity index (χ2n) is 6.12. The Balaban J connectivity index is 2.09. The molecule has 0 saturated carbocycles. The molecule has 0 spiro atoms.